The van der Waals surface area contributed by atoms with Crippen molar-refractivity contribution in [1.29, 1.82) is 0 Å². The van der Waals surface area contributed by atoms with Crippen molar-refractivity contribution in [3.05, 3.63) is 22.5 Å². The standard InChI is InChI=1S/C16H26N6O5S2.O.Re/c23-13(10-28)19-9-12(20-14(24)11-29)15(25)17-5-3-1-2-4-7-21-8-6-18-16(21)22(26)27;;/h6,8,12,28-29H,1-5,7,9-11H2,(H,17,25)(H,19,23)(H,20,24);;/q;-2;/i;;1+2. The number of thiol groups is 2. The van der Waals surface area contributed by atoms with Gasteiger partial charge < -0.3 is 31.5 Å². The molecule has 1 radical (unpaired) electrons. The van der Waals surface area contributed by atoms with Gasteiger partial charge in [-0.15, -0.1) is 0 Å². The molecule has 0 bridgehead atoms. The number of unbranched alkanes of at least 4 members (excludes halogenated alkanes) is 3. The van der Waals surface area contributed by atoms with Crippen molar-refractivity contribution in [3.63, 3.8) is 0 Å². The number of rotatable bonds is 14. The molecule has 0 saturated carbocycles. The van der Waals surface area contributed by atoms with Crippen molar-refractivity contribution in [2.24, 2.45) is 0 Å². The number of hydrogen-bond donors (Lipinski definition) is 5. The van der Waals surface area contributed by atoms with Crippen LogP contribution < -0.4 is 16.0 Å². The molecule has 0 saturated heterocycles. The van der Waals surface area contributed by atoms with Gasteiger partial charge in [-0.2, -0.15) is 25.3 Å². The summed E-state index contributed by atoms with van der Waals surface area (Å²) in [6.07, 6.45) is 6.10. The van der Waals surface area contributed by atoms with Crippen molar-refractivity contribution < 1.29 is 45.2 Å². The fourth-order valence-electron chi connectivity index (χ4n) is 2.46. The third-order valence-electron chi connectivity index (χ3n) is 3.92. The number of aryl methyl sites for hydroxylation is 1. The molecule has 0 aliphatic carbocycles. The van der Waals surface area contributed by atoms with Gasteiger partial charge in [-0.3, -0.25) is 14.4 Å². The van der Waals surface area contributed by atoms with Crippen LogP contribution in [-0.2, 0) is 46.8 Å². The van der Waals surface area contributed by atoms with Crippen LogP contribution >= 0.6 is 25.3 Å². The van der Waals surface area contributed by atoms with Crippen LogP contribution in [0.25, 0.3) is 0 Å². The van der Waals surface area contributed by atoms with E-state index in [1.807, 2.05) is 0 Å². The number of aromatic nitrogens is 2. The van der Waals surface area contributed by atoms with Crippen molar-refractivity contribution in [1.82, 2.24) is 25.5 Å². The Morgan fingerprint density at radius 2 is 1.74 bits per heavy atom. The first-order valence-corrected chi connectivity index (χ1v) is 10.4. The maximum Gasteiger partial charge on any atom is 0.434 e. The number of carbonyl (C=O) groups is 3. The van der Waals surface area contributed by atoms with E-state index in [1.165, 1.54) is 10.8 Å². The van der Waals surface area contributed by atoms with Gasteiger partial charge >= 0.3 is 5.95 Å². The zero-order chi connectivity index (χ0) is 21.6. The monoisotopic (exact) mass is 650 g/mol. The number of carbonyl (C=O) groups excluding carboxylic acids is 3. The maximum absolute atomic E-state index is 12.2. The van der Waals surface area contributed by atoms with Crippen LogP contribution in [0.3, 0.4) is 0 Å². The first kappa shape index (κ1) is 31.5. The summed E-state index contributed by atoms with van der Waals surface area (Å²) in [7, 11) is 0. The molecule has 1 rings (SSSR count). The Morgan fingerprint density at radius 3 is 2.35 bits per heavy atom. The Labute approximate surface area is 204 Å². The third kappa shape index (κ3) is 12.7. The van der Waals surface area contributed by atoms with Gasteiger partial charge in [0, 0.05) is 33.5 Å². The third-order valence-corrected chi connectivity index (χ3v) is 4.50. The molecular formula is C16H26N6O6ReS2-2. The number of nitrogens with one attached hydrogen (secondary N) is 3. The molecule has 0 aliphatic rings. The number of hydrogen-bond acceptors (Lipinski definition) is 8. The molecule has 1 heterocycles. The second-order valence-corrected chi connectivity index (χ2v) is 6.76. The van der Waals surface area contributed by atoms with E-state index in [-0.39, 0.29) is 55.8 Å². The van der Waals surface area contributed by atoms with Crippen LogP contribution in [0.2, 0.25) is 0 Å². The average Bonchev–Trinajstić information content (AvgIpc) is 3.18. The summed E-state index contributed by atoms with van der Waals surface area (Å²) in [6.45, 7) is 0.887. The number of imidazole rings is 1. The smallest absolute Gasteiger partial charge is 0.434 e. The molecule has 1 atom stereocenters. The van der Waals surface area contributed by atoms with E-state index in [9.17, 15) is 24.5 Å². The molecule has 1 unspecified atom stereocenters. The summed E-state index contributed by atoms with van der Waals surface area (Å²) in [5.41, 5.74) is 0. The summed E-state index contributed by atoms with van der Waals surface area (Å²) >= 11 is 7.70. The Bertz CT molecular complexity index is 708. The predicted octanol–water partition coefficient (Wildman–Crippen LogP) is -0.193. The molecule has 12 nitrogen and oxygen atoms in total. The summed E-state index contributed by atoms with van der Waals surface area (Å²) in [5, 5.41) is 18.5. The van der Waals surface area contributed by atoms with E-state index in [1.54, 1.807) is 6.20 Å². The van der Waals surface area contributed by atoms with Gasteiger partial charge in [0.15, 0.2) is 0 Å². The topological polar surface area (TPSA) is 177 Å². The van der Waals surface area contributed by atoms with Crippen LogP contribution in [0.4, 0.5) is 5.95 Å². The van der Waals surface area contributed by atoms with Crippen LogP contribution in [0.1, 0.15) is 25.7 Å². The molecule has 0 spiro atoms. The van der Waals surface area contributed by atoms with Gasteiger partial charge in [0.2, 0.25) is 17.7 Å². The molecule has 177 valence electrons. The minimum atomic E-state index is -0.889. The van der Waals surface area contributed by atoms with E-state index in [0.717, 1.165) is 19.3 Å². The SMILES string of the molecule is O=C(CS)NCC(NC(=O)CS)C(=O)NCCCCCCn1ccnc1[N+](=O)[O-].[188Re].[O-2]. The average molecular weight is 651 g/mol. The van der Waals surface area contributed by atoms with Crippen molar-refractivity contribution in [3.8, 4) is 0 Å². The summed E-state index contributed by atoms with van der Waals surface area (Å²) in [4.78, 5) is 49.0. The Kier molecular flexibility index (Phi) is 18.3. The minimum Gasteiger partial charge on any atom is -2.00 e. The fourth-order valence-corrected chi connectivity index (χ4v) is 2.67. The minimum absolute atomic E-state index is 0. The van der Waals surface area contributed by atoms with Gasteiger partial charge in [0.1, 0.15) is 18.4 Å². The number of nitro groups is 1. The van der Waals surface area contributed by atoms with E-state index in [0.29, 0.717) is 19.5 Å². The normalized spacial score (nSPS) is 10.8. The second kappa shape index (κ2) is 18.0. The van der Waals surface area contributed by atoms with Crippen molar-refractivity contribution in [2.45, 2.75) is 38.3 Å². The van der Waals surface area contributed by atoms with Crippen molar-refractivity contribution >= 4 is 48.9 Å². The summed E-state index contributed by atoms with van der Waals surface area (Å²) in [6, 6.07) is -0.889. The largest absolute Gasteiger partial charge is 2.00 e. The molecule has 3 amide bonds. The molecule has 0 aromatic carbocycles. The van der Waals surface area contributed by atoms with Gasteiger partial charge in [-0.05, 0) is 17.8 Å². The molecule has 15 heteroatoms. The van der Waals surface area contributed by atoms with Crippen LogP contribution in [0.5, 0.6) is 0 Å². The van der Waals surface area contributed by atoms with Crippen molar-refractivity contribution in [2.75, 3.05) is 24.6 Å². The van der Waals surface area contributed by atoms with Crippen LogP contribution in [-0.4, -0.2) is 62.8 Å². The Balaban J connectivity index is 0. The predicted molar refractivity (Wildman–Crippen MR) is 114 cm³/mol. The molecule has 1 aromatic heterocycles. The molecule has 0 fully saturated rings. The van der Waals surface area contributed by atoms with E-state index < -0.39 is 22.8 Å². The number of nitrogens with zero attached hydrogens (tertiary/aromatic N) is 3. The first-order valence-electron chi connectivity index (χ1n) is 9.10. The van der Waals surface area contributed by atoms with Crippen LogP contribution in [0.15, 0.2) is 12.4 Å². The quantitative estimate of drug-likeness (QED) is 0.0807. The summed E-state index contributed by atoms with van der Waals surface area (Å²) in [5.74, 6) is -1.41. The summed E-state index contributed by atoms with van der Waals surface area (Å²) < 4.78 is 1.50. The second-order valence-electron chi connectivity index (χ2n) is 6.12. The van der Waals surface area contributed by atoms with E-state index in [4.69, 9.17) is 0 Å². The van der Waals surface area contributed by atoms with Gasteiger partial charge in [-0.1, -0.05) is 17.8 Å². The van der Waals surface area contributed by atoms with Gasteiger partial charge in [0.25, 0.3) is 0 Å². The van der Waals surface area contributed by atoms with E-state index >= 15 is 0 Å². The number of amides is 3. The van der Waals surface area contributed by atoms with Crippen LogP contribution in [0, 0.1) is 10.1 Å². The molecule has 3 N–H and O–H groups in total. The van der Waals surface area contributed by atoms with E-state index in [2.05, 4.69) is 46.2 Å². The van der Waals surface area contributed by atoms with Gasteiger partial charge in [0.05, 0.1) is 18.1 Å². The zero-order valence-corrected chi connectivity index (χ0v) is 21.2. The molecule has 0 aliphatic heterocycles. The van der Waals surface area contributed by atoms with Gasteiger partial charge in [-0.25, -0.2) is 4.57 Å². The molecular weight excluding hydrogens is 624 g/mol. The fraction of sp³-hybridized carbons (Fsp3) is 0.625. The molecule has 1 aromatic rings. The Morgan fingerprint density at radius 1 is 1.10 bits per heavy atom. The first-order chi connectivity index (χ1) is 13.9. The molecule has 31 heavy (non-hydrogen) atoms. The zero-order valence-electron chi connectivity index (χ0n) is 16.7. The Hall–Kier alpha value is -1.66. The maximum atomic E-state index is 12.2.